The average molecular weight is 357 g/mol. The molecule has 2 heterocycles. The number of nitriles is 1. The molecule has 2 aromatic heterocycles. The third-order valence-electron chi connectivity index (χ3n) is 5.15. The molecular formula is C23H23N3O. The number of nitrogens with zero attached hydrogens (tertiary/aromatic N) is 3. The SMILES string of the molecule is CC(C)C(C)(c1ccc(OCc2ccccn2)cc1)c1ccc(C#N)cn1. The van der Waals surface area contributed by atoms with E-state index in [1.165, 1.54) is 5.56 Å². The van der Waals surface area contributed by atoms with E-state index in [0.717, 1.165) is 17.1 Å². The topological polar surface area (TPSA) is 58.8 Å². The molecule has 0 aliphatic carbocycles. The van der Waals surface area contributed by atoms with Gasteiger partial charge in [0.1, 0.15) is 18.4 Å². The summed E-state index contributed by atoms with van der Waals surface area (Å²) in [5.41, 5.74) is 3.34. The Kier molecular flexibility index (Phi) is 5.52. The Morgan fingerprint density at radius 1 is 1.04 bits per heavy atom. The molecule has 27 heavy (non-hydrogen) atoms. The van der Waals surface area contributed by atoms with Crippen LogP contribution in [0.4, 0.5) is 0 Å². The Morgan fingerprint density at radius 3 is 2.37 bits per heavy atom. The van der Waals surface area contributed by atoms with E-state index in [4.69, 9.17) is 10.00 Å². The van der Waals surface area contributed by atoms with Crippen molar-refractivity contribution in [2.75, 3.05) is 0 Å². The van der Waals surface area contributed by atoms with E-state index in [1.807, 2.05) is 42.5 Å². The maximum Gasteiger partial charge on any atom is 0.130 e. The zero-order valence-corrected chi connectivity index (χ0v) is 15.9. The molecule has 0 fully saturated rings. The molecule has 0 N–H and O–H groups in total. The Hall–Kier alpha value is -3.19. The highest BCUT2D eigenvalue weighted by Gasteiger charge is 2.33. The number of hydrogen-bond acceptors (Lipinski definition) is 4. The fourth-order valence-corrected chi connectivity index (χ4v) is 3.08. The molecule has 0 aliphatic rings. The van der Waals surface area contributed by atoms with Crippen molar-refractivity contribution >= 4 is 0 Å². The minimum Gasteiger partial charge on any atom is -0.487 e. The second kappa shape index (κ2) is 8.01. The largest absolute Gasteiger partial charge is 0.487 e. The van der Waals surface area contributed by atoms with E-state index < -0.39 is 0 Å². The summed E-state index contributed by atoms with van der Waals surface area (Å²) in [6, 6.07) is 19.8. The van der Waals surface area contributed by atoms with Gasteiger partial charge in [-0.05, 0) is 54.8 Å². The summed E-state index contributed by atoms with van der Waals surface area (Å²) >= 11 is 0. The summed E-state index contributed by atoms with van der Waals surface area (Å²) in [5.74, 6) is 1.14. The Bertz CT molecular complexity index is 913. The third kappa shape index (κ3) is 3.98. The first-order valence-electron chi connectivity index (χ1n) is 9.04. The Balaban J connectivity index is 1.82. The third-order valence-corrected chi connectivity index (χ3v) is 5.15. The van der Waals surface area contributed by atoms with Crippen molar-refractivity contribution in [2.24, 2.45) is 5.92 Å². The van der Waals surface area contributed by atoms with Crippen LogP contribution in [0.2, 0.25) is 0 Å². The van der Waals surface area contributed by atoms with Crippen molar-refractivity contribution in [3.8, 4) is 11.8 Å². The predicted octanol–water partition coefficient (Wildman–Crippen LogP) is 4.89. The lowest BCUT2D eigenvalue weighted by Crippen LogP contribution is -2.31. The van der Waals surface area contributed by atoms with Crippen LogP contribution >= 0.6 is 0 Å². The van der Waals surface area contributed by atoms with Crippen LogP contribution in [0.25, 0.3) is 0 Å². The maximum absolute atomic E-state index is 9.01. The first-order valence-corrected chi connectivity index (χ1v) is 9.04. The van der Waals surface area contributed by atoms with Crippen LogP contribution in [-0.4, -0.2) is 9.97 Å². The fourth-order valence-electron chi connectivity index (χ4n) is 3.08. The van der Waals surface area contributed by atoms with Gasteiger partial charge in [-0.25, -0.2) is 0 Å². The van der Waals surface area contributed by atoms with Crippen molar-refractivity contribution < 1.29 is 4.74 Å². The molecule has 0 amide bonds. The molecule has 4 heteroatoms. The number of benzene rings is 1. The van der Waals surface area contributed by atoms with Crippen LogP contribution in [0.3, 0.4) is 0 Å². The van der Waals surface area contributed by atoms with Crippen LogP contribution in [0.5, 0.6) is 5.75 Å². The van der Waals surface area contributed by atoms with Crippen molar-refractivity contribution in [2.45, 2.75) is 32.8 Å². The van der Waals surface area contributed by atoms with Gasteiger partial charge >= 0.3 is 0 Å². The van der Waals surface area contributed by atoms with Gasteiger partial charge < -0.3 is 4.74 Å². The van der Waals surface area contributed by atoms with E-state index >= 15 is 0 Å². The molecule has 0 aliphatic heterocycles. The molecule has 1 atom stereocenters. The average Bonchev–Trinajstić information content (AvgIpc) is 2.72. The highest BCUT2D eigenvalue weighted by atomic mass is 16.5. The minimum atomic E-state index is -0.256. The van der Waals surface area contributed by atoms with E-state index in [0.29, 0.717) is 18.1 Å². The monoisotopic (exact) mass is 357 g/mol. The van der Waals surface area contributed by atoms with Gasteiger partial charge in [-0.3, -0.25) is 9.97 Å². The fraction of sp³-hybridized carbons (Fsp3) is 0.261. The zero-order valence-electron chi connectivity index (χ0n) is 15.9. The van der Waals surface area contributed by atoms with Gasteiger partial charge in [0.15, 0.2) is 0 Å². The molecule has 3 aromatic rings. The number of aromatic nitrogens is 2. The smallest absolute Gasteiger partial charge is 0.130 e. The van der Waals surface area contributed by atoms with E-state index in [1.54, 1.807) is 12.4 Å². The molecule has 0 spiro atoms. The van der Waals surface area contributed by atoms with Gasteiger partial charge in [0, 0.05) is 17.8 Å². The number of rotatable bonds is 6. The number of pyridine rings is 2. The predicted molar refractivity (Wildman–Crippen MR) is 105 cm³/mol. The van der Waals surface area contributed by atoms with Gasteiger partial charge in [-0.15, -0.1) is 0 Å². The van der Waals surface area contributed by atoms with Crippen molar-refractivity contribution in [1.29, 1.82) is 5.26 Å². The Labute approximate surface area is 160 Å². The normalized spacial score (nSPS) is 13.0. The molecular weight excluding hydrogens is 334 g/mol. The van der Waals surface area contributed by atoms with Crippen LogP contribution in [-0.2, 0) is 12.0 Å². The van der Waals surface area contributed by atoms with Gasteiger partial charge in [0.2, 0.25) is 0 Å². The second-order valence-corrected chi connectivity index (χ2v) is 7.04. The standard InChI is InChI=1S/C23H23N3O/c1-17(2)23(3,22-12-7-18(14-24)15-26-22)19-8-10-21(11-9-19)27-16-20-6-4-5-13-25-20/h4-13,15,17H,16H2,1-3H3. The van der Waals surface area contributed by atoms with E-state index in [-0.39, 0.29) is 5.41 Å². The van der Waals surface area contributed by atoms with Gasteiger partial charge in [0.25, 0.3) is 0 Å². The minimum absolute atomic E-state index is 0.256. The molecule has 3 rings (SSSR count). The summed E-state index contributed by atoms with van der Waals surface area (Å²) in [6.07, 6.45) is 3.40. The van der Waals surface area contributed by atoms with Gasteiger partial charge in [-0.2, -0.15) is 5.26 Å². The van der Waals surface area contributed by atoms with Crippen molar-refractivity contribution in [1.82, 2.24) is 9.97 Å². The van der Waals surface area contributed by atoms with Crippen LogP contribution in [0.15, 0.2) is 67.0 Å². The lowest BCUT2D eigenvalue weighted by atomic mass is 9.70. The van der Waals surface area contributed by atoms with Crippen molar-refractivity contribution in [3.05, 3.63) is 89.5 Å². The molecule has 0 radical (unpaired) electrons. The zero-order chi connectivity index (χ0) is 19.3. The van der Waals surface area contributed by atoms with Gasteiger partial charge in [-0.1, -0.05) is 32.0 Å². The summed E-state index contributed by atoms with van der Waals surface area (Å²) in [4.78, 5) is 8.83. The number of ether oxygens (including phenoxy) is 1. The lowest BCUT2D eigenvalue weighted by molar-refractivity contribution is 0.301. The Morgan fingerprint density at radius 2 is 1.81 bits per heavy atom. The van der Waals surface area contributed by atoms with E-state index in [9.17, 15) is 0 Å². The summed E-state index contributed by atoms with van der Waals surface area (Å²) in [7, 11) is 0. The summed E-state index contributed by atoms with van der Waals surface area (Å²) < 4.78 is 5.84. The molecule has 1 unspecified atom stereocenters. The molecule has 0 bridgehead atoms. The van der Waals surface area contributed by atoms with Crippen LogP contribution < -0.4 is 4.74 Å². The van der Waals surface area contributed by atoms with Crippen LogP contribution in [0, 0.1) is 17.2 Å². The summed E-state index contributed by atoms with van der Waals surface area (Å²) in [6.45, 7) is 7.01. The first kappa shape index (κ1) is 18.6. The van der Waals surface area contributed by atoms with E-state index in [2.05, 4.69) is 48.9 Å². The quantitative estimate of drug-likeness (QED) is 0.630. The summed E-state index contributed by atoms with van der Waals surface area (Å²) in [5, 5.41) is 9.01. The number of hydrogen-bond donors (Lipinski definition) is 0. The maximum atomic E-state index is 9.01. The highest BCUT2D eigenvalue weighted by Crippen LogP contribution is 2.38. The molecule has 0 saturated carbocycles. The molecule has 4 nitrogen and oxygen atoms in total. The lowest BCUT2D eigenvalue weighted by Gasteiger charge is -2.34. The molecule has 1 aromatic carbocycles. The molecule has 136 valence electrons. The first-order chi connectivity index (χ1) is 13.0. The molecule has 0 saturated heterocycles. The van der Waals surface area contributed by atoms with Crippen molar-refractivity contribution in [3.63, 3.8) is 0 Å². The highest BCUT2D eigenvalue weighted by molar-refractivity contribution is 5.40. The van der Waals surface area contributed by atoms with Gasteiger partial charge in [0.05, 0.1) is 17.0 Å². The second-order valence-electron chi connectivity index (χ2n) is 7.04. The van der Waals surface area contributed by atoms with Crippen LogP contribution in [0.1, 0.15) is 43.3 Å².